The van der Waals surface area contributed by atoms with Crippen LogP contribution in [0, 0.1) is 0 Å². The van der Waals surface area contributed by atoms with E-state index in [9.17, 15) is 4.79 Å². The SMILES string of the molecule is CN=C(NCc1ccc(N2CCCC2=O)cc1)NCc1nc(C(C)(C)C)cs1.I. The zero-order chi connectivity index (χ0) is 20.1. The second kappa shape index (κ2) is 10.4. The monoisotopic (exact) mass is 527 g/mol. The molecule has 2 N–H and O–H groups in total. The van der Waals surface area contributed by atoms with Crippen molar-refractivity contribution in [3.63, 3.8) is 0 Å². The third-order valence-corrected chi connectivity index (χ3v) is 5.58. The van der Waals surface area contributed by atoms with Gasteiger partial charge in [-0.3, -0.25) is 9.79 Å². The van der Waals surface area contributed by atoms with Gasteiger partial charge >= 0.3 is 0 Å². The van der Waals surface area contributed by atoms with Crippen LogP contribution < -0.4 is 15.5 Å². The summed E-state index contributed by atoms with van der Waals surface area (Å²) in [7, 11) is 1.76. The quantitative estimate of drug-likeness (QED) is 0.350. The number of aromatic nitrogens is 1. The van der Waals surface area contributed by atoms with E-state index in [0.29, 0.717) is 19.5 Å². The van der Waals surface area contributed by atoms with Gasteiger partial charge in [0.25, 0.3) is 0 Å². The van der Waals surface area contributed by atoms with Crippen LogP contribution in [-0.2, 0) is 23.3 Å². The van der Waals surface area contributed by atoms with Crippen molar-refractivity contribution in [2.45, 2.75) is 52.1 Å². The van der Waals surface area contributed by atoms with Gasteiger partial charge in [0.15, 0.2) is 5.96 Å². The maximum Gasteiger partial charge on any atom is 0.227 e. The molecule has 2 aromatic rings. The minimum Gasteiger partial charge on any atom is -0.352 e. The first-order chi connectivity index (χ1) is 13.4. The molecule has 0 aliphatic carbocycles. The summed E-state index contributed by atoms with van der Waals surface area (Å²) in [5, 5.41) is 9.82. The van der Waals surface area contributed by atoms with Crippen LogP contribution in [0.4, 0.5) is 5.69 Å². The predicted octanol–water partition coefficient (Wildman–Crippen LogP) is 4.05. The summed E-state index contributed by atoms with van der Waals surface area (Å²) in [4.78, 5) is 22.7. The largest absolute Gasteiger partial charge is 0.352 e. The summed E-state index contributed by atoms with van der Waals surface area (Å²) < 4.78 is 0. The van der Waals surface area contributed by atoms with E-state index in [4.69, 9.17) is 4.98 Å². The van der Waals surface area contributed by atoms with E-state index in [1.807, 2.05) is 17.0 Å². The molecule has 2 heterocycles. The number of carbonyl (C=O) groups excluding carboxylic acids is 1. The van der Waals surface area contributed by atoms with Gasteiger partial charge in [0.2, 0.25) is 5.91 Å². The number of amides is 1. The van der Waals surface area contributed by atoms with E-state index in [0.717, 1.165) is 40.9 Å². The molecule has 1 aromatic carbocycles. The Labute approximate surface area is 194 Å². The number of carbonyl (C=O) groups is 1. The number of nitrogens with one attached hydrogen (secondary N) is 2. The molecule has 1 amide bonds. The Hall–Kier alpha value is -1.68. The summed E-state index contributed by atoms with van der Waals surface area (Å²) >= 11 is 1.67. The van der Waals surface area contributed by atoms with E-state index in [2.05, 4.69) is 53.9 Å². The molecular weight excluding hydrogens is 497 g/mol. The van der Waals surface area contributed by atoms with Crippen molar-refractivity contribution in [2.75, 3.05) is 18.5 Å². The highest BCUT2D eigenvalue weighted by Gasteiger charge is 2.21. The van der Waals surface area contributed by atoms with Crippen molar-refractivity contribution in [1.29, 1.82) is 0 Å². The lowest BCUT2D eigenvalue weighted by Gasteiger charge is -2.16. The van der Waals surface area contributed by atoms with Crippen LogP contribution in [0.25, 0.3) is 0 Å². The minimum atomic E-state index is 0. The molecule has 0 saturated carbocycles. The second-order valence-electron chi connectivity index (χ2n) is 7.97. The molecule has 1 aliphatic heterocycles. The number of thiazole rings is 1. The molecule has 3 rings (SSSR count). The molecule has 8 heteroatoms. The zero-order valence-electron chi connectivity index (χ0n) is 17.5. The maximum atomic E-state index is 11.8. The summed E-state index contributed by atoms with van der Waals surface area (Å²) in [6, 6.07) is 8.13. The molecule has 0 spiro atoms. The standard InChI is InChI=1S/C21H29N5OS.HI/c1-21(2,3)17-14-28-18(25-17)13-24-20(22-4)23-12-15-7-9-16(10-8-15)26-11-5-6-19(26)27;/h7-10,14H,5-6,11-13H2,1-4H3,(H2,22,23,24);1H. The minimum absolute atomic E-state index is 0. The highest BCUT2D eigenvalue weighted by molar-refractivity contribution is 14.0. The number of rotatable bonds is 5. The van der Waals surface area contributed by atoms with Crippen molar-refractivity contribution < 1.29 is 4.79 Å². The third-order valence-electron chi connectivity index (χ3n) is 4.73. The molecule has 29 heavy (non-hydrogen) atoms. The highest BCUT2D eigenvalue weighted by Crippen LogP contribution is 2.24. The van der Waals surface area contributed by atoms with Crippen LogP contribution in [0.15, 0.2) is 34.6 Å². The molecule has 0 radical (unpaired) electrons. The number of anilines is 1. The van der Waals surface area contributed by atoms with E-state index in [1.165, 1.54) is 0 Å². The van der Waals surface area contributed by atoms with Gasteiger partial charge in [0.05, 0.1) is 12.2 Å². The smallest absolute Gasteiger partial charge is 0.227 e. The van der Waals surface area contributed by atoms with Gasteiger partial charge in [-0.1, -0.05) is 32.9 Å². The fourth-order valence-electron chi connectivity index (χ4n) is 3.02. The maximum absolute atomic E-state index is 11.8. The van der Waals surface area contributed by atoms with Gasteiger partial charge in [-0.05, 0) is 24.1 Å². The Bertz CT molecular complexity index is 842. The summed E-state index contributed by atoms with van der Waals surface area (Å²) in [6.07, 6.45) is 1.60. The molecule has 0 atom stereocenters. The molecule has 158 valence electrons. The van der Waals surface area contributed by atoms with E-state index < -0.39 is 0 Å². The number of nitrogens with zero attached hydrogens (tertiary/aromatic N) is 3. The number of hydrogen-bond donors (Lipinski definition) is 2. The Morgan fingerprint density at radius 2 is 1.90 bits per heavy atom. The molecule has 1 aliphatic rings. The first-order valence-corrected chi connectivity index (χ1v) is 10.5. The van der Waals surface area contributed by atoms with Gasteiger partial charge in [-0.15, -0.1) is 35.3 Å². The second-order valence-corrected chi connectivity index (χ2v) is 8.91. The van der Waals surface area contributed by atoms with Gasteiger partial charge < -0.3 is 15.5 Å². The van der Waals surface area contributed by atoms with Gasteiger partial charge in [0, 0.05) is 43.0 Å². The van der Waals surface area contributed by atoms with Crippen molar-refractivity contribution in [3.05, 3.63) is 45.9 Å². The topological polar surface area (TPSA) is 69.6 Å². The lowest BCUT2D eigenvalue weighted by Crippen LogP contribution is -2.36. The van der Waals surface area contributed by atoms with Crippen molar-refractivity contribution >= 4 is 52.9 Å². The lowest BCUT2D eigenvalue weighted by molar-refractivity contribution is -0.117. The summed E-state index contributed by atoms with van der Waals surface area (Å²) in [5.41, 5.74) is 3.31. The van der Waals surface area contributed by atoms with Crippen LogP contribution in [0.5, 0.6) is 0 Å². The number of benzene rings is 1. The lowest BCUT2D eigenvalue weighted by atomic mass is 9.93. The van der Waals surface area contributed by atoms with Crippen LogP contribution in [-0.4, -0.2) is 30.4 Å². The Kier molecular flexibility index (Phi) is 8.45. The number of aliphatic imine (C=N–C) groups is 1. The van der Waals surface area contributed by atoms with E-state index in [1.54, 1.807) is 18.4 Å². The first kappa shape index (κ1) is 23.6. The van der Waals surface area contributed by atoms with Gasteiger partial charge in [0.1, 0.15) is 5.01 Å². The molecule has 1 saturated heterocycles. The van der Waals surface area contributed by atoms with Crippen molar-refractivity contribution in [3.8, 4) is 0 Å². The van der Waals surface area contributed by atoms with Gasteiger partial charge in [-0.2, -0.15) is 0 Å². The van der Waals surface area contributed by atoms with Crippen LogP contribution in [0.1, 0.15) is 49.9 Å². The number of hydrogen-bond acceptors (Lipinski definition) is 4. The zero-order valence-corrected chi connectivity index (χ0v) is 20.6. The normalized spacial score (nSPS) is 14.7. The molecule has 1 fully saturated rings. The van der Waals surface area contributed by atoms with Crippen LogP contribution >= 0.6 is 35.3 Å². The Morgan fingerprint density at radius 1 is 1.21 bits per heavy atom. The third kappa shape index (κ3) is 6.40. The van der Waals surface area contributed by atoms with E-state index in [-0.39, 0.29) is 35.3 Å². The number of guanidine groups is 1. The van der Waals surface area contributed by atoms with Crippen molar-refractivity contribution in [1.82, 2.24) is 15.6 Å². The van der Waals surface area contributed by atoms with Crippen LogP contribution in [0.2, 0.25) is 0 Å². The van der Waals surface area contributed by atoms with Crippen molar-refractivity contribution in [2.24, 2.45) is 4.99 Å². The molecule has 1 aromatic heterocycles. The first-order valence-electron chi connectivity index (χ1n) is 9.65. The molecule has 6 nitrogen and oxygen atoms in total. The summed E-state index contributed by atoms with van der Waals surface area (Å²) in [6.45, 7) is 8.65. The van der Waals surface area contributed by atoms with Crippen LogP contribution in [0.3, 0.4) is 0 Å². The molecular formula is C21H30IN5OS. The fraction of sp³-hybridized carbons (Fsp3) is 0.476. The Balaban J connectivity index is 0.00000300. The molecule has 0 unspecified atom stereocenters. The average Bonchev–Trinajstić information content (AvgIpc) is 3.31. The highest BCUT2D eigenvalue weighted by atomic mass is 127. The molecule has 0 bridgehead atoms. The summed E-state index contributed by atoms with van der Waals surface area (Å²) in [5.74, 6) is 0.957. The average molecular weight is 527 g/mol. The Morgan fingerprint density at radius 3 is 2.45 bits per heavy atom. The van der Waals surface area contributed by atoms with Gasteiger partial charge in [-0.25, -0.2) is 4.98 Å². The predicted molar refractivity (Wildman–Crippen MR) is 131 cm³/mol. The fourth-order valence-corrected chi connectivity index (χ4v) is 3.98. The number of halogens is 1. The van der Waals surface area contributed by atoms with E-state index >= 15 is 0 Å².